The number of ether oxygens (including phenoxy) is 4. The Bertz CT molecular complexity index is 1760. The Balaban J connectivity index is 5.21. The molecule has 0 amide bonds. The SMILES string of the molecule is CC(C)CCCCCCCCCCCCCCCCCC(=O)O[C@H](COC(=O)CCCCCCCCCC(C)C)COP(=O)(O)OCC(O)COP(=O)(O)OC[C@@H](COC(=O)CCCCCCCCCCC(C)C)OC(=O)CCCCCCCCCC(C)C. The van der Waals surface area contributed by atoms with Crippen LogP contribution < -0.4 is 0 Å². The normalized spacial score (nSPS) is 14.3. The van der Waals surface area contributed by atoms with E-state index in [2.05, 4.69) is 55.4 Å². The number of rotatable bonds is 67. The van der Waals surface area contributed by atoms with Crippen LogP contribution in [0.25, 0.3) is 0 Å². The third-order valence-electron chi connectivity index (χ3n) is 16.1. The van der Waals surface area contributed by atoms with Gasteiger partial charge < -0.3 is 33.8 Å². The first-order valence-corrected chi connectivity index (χ1v) is 39.2. The molecule has 89 heavy (non-hydrogen) atoms. The molecule has 0 spiro atoms. The van der Waals surface area contributed by atoms with Crippen molar-refractivity contribution < 1.29 is 80.2 Å². The molecule has 0 heterocycles. The number of carbonyl (C=O) groups excluding carboxylic acids is 4. The Morgan fingerprint density at radius 1 is 0.281 bits per heavy atom. The fourth-order valence-electron chi connectivity index (χ4n) is 10.5. The molecule has 17 nitrogen and oxygen atoms in total. The second kappa shape index (κ2) is 59.8. The van der Waals surface area contributed by atoms with Crippen molar-refractivity contribution in [2.45, 2.75) is 363 Å². The zero-order valence-electron chi connectivity index (χ0n) is 58.1. The smallest absolute Gasteiger partial charge is 0.462 e. The van der Waals surface area contributed by atoms with Gasteiger partial charge in [-0.15, -0.1) is 0 Å². The Morgan fingerprint density at radius 2 is 0.472 bits per heavy atom. The second-order valence-electron chi connectivity index (χ2n) is 27.2. The van der Waals surface area contributed by atoms with Crippen LogP contribution in [0, 0.1) is 23.7 Å². The molecular formula is C70H136O17P2. The Kier molecular flexibility index (Phi) is 58.5. The minimum atomic E-state index is -4.95. The van der Waals surface area contributed by atoms with Gasteiger partial charge in [0.25, 0.3) is 0 Å². The number of phosphoric acid groups is 2. The molecule has 0 bridgehead atoms. The van der Waals surface area contributed by atoms with Crippen LogP contribution in [0.2, 0.25) is 0 Å². The van der Waals surface area contributed by atoms with Gasteiger partial charge in [0, 0.05) is 25.7 Å². The summed E-state index contributed by atoms with van der Waals surface area (Å²) in [4.78, 5) is 72.5. The molecule has 0 saturated heterocycles. The van der Waals surface area contributed by atoms with Crippen molar-refractivity contribution in [3.05, 3.63) is 0 Å². The third kappa shape index (κ3) is 64.6. The molecule has 0 radical (unpaired) electrons. The summed E-state index contributed by atoms with van der Waals surface area (Å²) in [5, 5.41) is 10.6. The topological polar surface area (TPSA) is 237 Å². The van der Waals surface area contributed by atoms with Gasteiger partial charge in [-0.3, -0.25) is 37.3 Å². The Morgan fingerprint density at radius 3 is 0.697 bits per heavy atom. The number of carbonyl (C=O) groups is 4. The number of esters is 4. The number of hydrogen-bond donors (Lipinski definition) is 3. The quantitative estimate of drug-likeness (QED) is 0.0222. The highest BCUT2D eigenvalue weighted by Crippen LogP contribution is 2.45. The van der Waals surface area contributed by atoms with E-state index in [1.165, 1.54) is 141 Å². The van der Waals surface area contributed by atoms with Crippen LogP contribution in [0.4, 0.5) is 0 Å². The summed E-state index contributed by atoms with van der Waals surface area (Å²) in [5.41, 5.74) is 0. The molecule has 19 heteroatoms. The van der Waals surface area contributed by atoms with Crippen LogP contribution in [0.3, 0.4) is 0 Å². The van der Waals surface area contributed by atoms with E-state index in [-0.39, 0.29) is 25.7 Å². The lowest BCUT2D eigenvalue weighted by Crippen LogP contribution is -2.30. The summed E-state index contributed by atoms with van der Waals surface area (Å²) >= 11 is 0. The van der Waals surface area contributed by atoms with Crippen molar-refractivity contribution in [1.82, 2.24) is 0 Å². The molecule has 0 aromatic carbocycles. The molecule has 5 atom stereocenters. The first-order chi connectivity index (χ1) is 42.6. The van der Waals surface area contributed by atoms with E-state index in [4.69, 9.17) is 37.0 Å². The minimum absolute atomic E-state index is 0.102. The number of phosphoric ester groups is 2. The lowest BCUT2D eigenvalue weighted by Gasteiger charge is -2.21. The molecule has 0 aromatic heterocycles. The van der Waals surface area contributed by atoms with Gasteiger partial charge in [-0.2, -0.15) is 0 Å². The van der Waals surface area contributed by atoms with Crippen LogP contribution in [-0.4, -0.2) is 96.7 Å². The van der Waals surface area contributed by atoms with Crippen molar-refractivity contribution in [2.24, 2.45) is 23.7 Å². The maximum Gasteiger partial charge on any atom is 0.472 e. The molecule has 0 aromatic rings. The summed E-state index contributed by atoms with van der Waals surface area (Å²) in [6.45, 7) is 14.0. The van der Waals surface area contributed by atoms with Crippen LogP contribution in [0.15, 0.2) is 0 Å². The number of unbranched alkanes of at least 4 members (excludes halogenated alkanes) is 33. The highest BCUT2D eigenvalue weighted by atomic mass is 31.2. The van der Waals surface area contributed by atoms with Crippen LogP contribution in [-0.2, 0) is 65.4 Å². The van der Waals surface area contributed by atoms with Gasteiger partial charge in [0.15, 0.2) is 12.2 Å². The van der Waals surface area contributed by atoms with Crippen LogP contribution >= 0.6 is 15.6 Å². The molecule has 528 valence electrons. The van der Waals surface area contributed by atoms with Crippen molar-refractivity contribution in [3.63, 3.8) is 0 Å². The fourth-order valence-corrected chi connectivity index (χ4v) is 12.1. The molecule has 3 unspecified atom stereocenters. The van der Waals surface area contributed by atoms with E-state index >= 15 is 0 Å². The van der Waals surface area contributed by atoms with Gasteiger partial charge in [-0.05, 0) is 49.4 Å². The van der Waals surface area contributed by atoms with Gasteiger partial charge in [0.2, 0.25) is 0 Å². The van der Waals surface area contributed by atoms with Crippen LogP contribution in [0.1, 0.15) is 344 Å². The molecule has 0 rings (SSSR count). The van der Waals surface area contributed by atoms with E-state index in [1.807, 2.05) is 0 Å². The maximum atomic E-state index is 13.0. The minimum Gasteiger partial charge on any atom is -0.462 e. The summed E-state index contributed by atoms with van der Waals surface area (Å²) in [5.74, 6) is 0.797. The Labute approximate surface area is 543 Å². The molecule has 0 fully saturated rings. The standard InChI is InChI=1S/C70H136O17P2/c1-60(2)46-38-30-22-16-14-12-10-9-11-13-15-17-27-36-44-52-69(74)86-65(57-81-68(73)51-43-35-28-20-24-32-40-48-62(5)6)58-84-88(76,77)82-54-64(71)55-83-89(78,79)85-59-66(87-70(75)53-45-37-29-21-25-33-41-49-63(7)8)56-80-67(72)50-42-34-26-19-18-23-31-39-47-61(3)4/h60-66,71H,9-59H2,1-8H3,(H,76,77)(H,78,79)/t64?,65-,66-/m1/s1. The van der Waals surface area contributed by atoms with Crippen molar-refractivity contribution >= 4 is 39.5 Å². The molecule has 0 aliphatic rings. The van der Waals surface area contributed by atoms with Gasteiger partial charge >= 0.3 is 39.5 Å². The van der Waals surface area contributed by atoms with E-state index in [1.54, 1.807) is 0 Å². The van der Waals surface area contributed by atoms with Gasteiger partial charge in [0.1, 0.15) is 19.3 Å². The fraction of sp³-hybridized carbons (Fsp3) is 0.943. The summed E-state index contributed by atoms with van der Waals surface area (Å²) in [7, 11) is -9.90. The van der Waals surface area contributed by atoms with Gasteiger partial charge in [0.05, 0.1) is 26.4 Å². The highest BCUT2D eigenvalue weighted by Gasteiger charge is 2.30. The molecule has 0 saturated carbocycles. The molecule has 0 aliphatic heterocycles. The highest BCUT2D eigenvalue weighted by molar-refractivity contribution is 7.47. The second-order valence-corrected chi connectivity index (χ2v) is 30.1. The zero-order chi connectivity index (χ0) is 66.1. The van der Waals surface area contributed by atoms with Crippen molar-refractivity contribution in [2.75, 3.05) is 39.6 Å². The van der Waals surface area contributed by atoms with Crippen LogP contribution in [0.5, 0.6) is 0 Å². The number of aliphatic hydroxyl groups excluding tert-OH is 1. The maximum absolute atomic E-state index is 13.0. The molecule has 0 aliphatic carbocycles. The van der Waals surface area contributed by atoms with E-state index in [0.717, 1.165) is 108 Å². The lowest BCUT2D eigenvalue weighted by atomic mass is 10.0. The first-order valence-electron chi connectivity index (χ1n) is 36.2. The monoisotopic (exact) mass is 1310 g/mol. The van der Waals surface area contributed by atoms with E-state index in [0.29, 0.717) is 37.5 Å². The van der Waals surface area contributed by atoms with Gasteiger partial charge in [-0.25, -0.2) is 9.13 Å². The van der Waals surface area contributed by atoms with Crippen molar-refractivity contribution in [1.29, 1.82) is 0 Å². The average molecular weight is 1310 g/mol. The summed E-state index contributed by atoms with van der Waals surface area (Å²) in [6.07, 6.45) is 42.0. The largest absolute Gasteiger partial charge is 0.472 e. The number of aliphatic hydroxyl groups is 1. The van der Waals surface area contributed by atoms with Gasteiger partial charge in [-0.1, -0.05) is 293 Å². The zero-order valence-corrected chi connectivity index (χ0v) is 59.8. The summed E-state index contributed by atoms with van der Waals surface area (Å²) in [6, 6.07) is 0. The molecule has 3 N–H and O–H groups in total. The van der Waals surface area contributed by atoms with E-state index < -0.39 is 97.5 Å². The van der Waals surface area contributed by atoms with E-state index in [9.17, 15) is 43.2 Å². The average Bonchev–Trinajstić information content (AvgIpc) is 3.69. The molecular weight excluding hydrogens is 1170 g/mol. The predicted molar refractivity (Wildman–Crippen MR) is 358 cm³/mol. The summed E-state index contributed by atoms with van der Waals surface area (Å²) < 4.78 is 68.2. The Hall–Kier alpha value is -1.94. The third-order valence-corrected chi connectivity index (χ3v) is 18.0. The predicted octanol–water partition coefficient (Wildman–Crippen LogP) is 19.7. The number of hydrogen-bond acceptors (Lipinski definition) is 15. The van der Waals surface area contributed by atoms with Crippen molar-refractivity contribution in [3.8, 4) is 0 Å². The lowest BCUT2D eigenvalue weighted by molar-refractivity contribution is -0.161. The first kappa shape index (κ1) is 87.1.